The van der Waals surface area contributed by atoms with Crippen LogP contribution in [0.15, 0.2) is 51.8 Å². The van der Waals surface area contributed by atoms with Crippen LogP contribution in [0.3, 0.4) is 0 Å². The second kappa shape index (κ2) is 8.32. The van der Waals surface area contributed by atoms with Gasteiger partial charge in [0.15, 0.2) is 0 Å². The van der Waals surface area contributed by atoms with Gasteiger partial charge in [0.05, 0.1) is 18.1 Å². The van der Waals surface area contributed by atoms with Gasteiger partial charge in [-0.3, -0.25) is 4.57 Å². The molecule has 1 saturated heterocycles. The van der Waals surface area contributed by atoms with Crippen LogP contribution in [0.1, 0.15) is 38.0 Å². The summed E-state index contributed by atoms with van der Waals surface area (Å²) in [5, 5.41) is 19.9. The smallest absolute Gasteiger partial charge is 0.353 e. The van der Waals surface area contributed by atoms with E-state index in [0.717, 1.165) is 24.0 Å². The Bertz CT molecular complexity index is 1080. The number of ether oxygens (including phenoxy) is 1. The Morgan fingerprint density at radius 3 is 2.97 bits per heavy atom. The Kier molecular flexibility index (Phi) is 5.62. The minimum Gasteiger partial charge on any atom is -0.437 e. The molecule has 0 radical (unpaired) electrons. The van der Waals surface area contributed by atoms with Crippen molar-refractivity contribution in [3.8, 4) is 11.3 Å². The molecule has 3 atom stereocenters. The zero-order valence-corrected chi connectivity index (χ0v) is 16.2. The minimum absolute atomic E-state index is 0.217. The maximum absolute atomic E-state index is 12.4. The third-order valence-corrected chi connectivity index (χ3v) is 5.07. The number of benzene rings is 1. The van der Waals surface area contributed by atoms with E-state index < -0.39 is 24.1 Å². The van der Waals surface area contributed by atoms with E-state index in [1.165, 1.54) is 4.57 Å². The maximum atomic E-state index is 12.4. The van der Waals surface area contributed by atoms with Crippen molar-refractivity contribution in [1.82, 2.24) is 9.55 Å². The van der Waals surface area contributed by atoms with Crippen molar-refractivity contribution in [3.63, 3.8) is 0 Å². The van der Waals surface area contributed by atoms with Gasteiger partial charge in [0.2, 0.25) is 5.71 Å². The van der Waals surface area contributed by atoms with Gasteiger partial charge in [-0.2, -0.15) is 4.98 Å². The lowest BCUT2D eigenvalue weighted by Gasteiger charge is -2.13. The molecule has 1 aromatic carbocycles. The van der Waals surface area contributed by atoms with Gasteiger partial charge in [-0.25, -0.2) is 4.79 Å². The highest BCUT2D eigenvalue weighted by Crippen LogP contribution is 2.30. The number of rotatable bonds is 6. The highest BCUT2D eigenvalue weighted by atomic mass is 16.5. The summed E-state index contributed by atoms with van der Waals surface area (Å²) in [6, 6.07) is 9.80. The van der Waals surface area contributed by atoms with E-state index in [0.29, 0.717) is 11.1 Å². The average Bonchev–Trinajstić information content (AvgIpc) is 3.30. The number of fused-ring (bicyclic) bond motifs is 1. The maximum Gasteiger partial charge on any atom is 0.353 e. The molecule has 0 spiro atoms. The van der Waals surface area contributed by atoms with Crippen LogP contribution >= 0.6 is 0 Å². The molecule has 3 aromatic rings. The van der Waals surface area contributed by atoms with E-state index in [-0.39, 0.29) is 18.7 Å². The number of unbranched alkanes of at least 4 members (excludes halogenated alkanes) is 1. The standard InChI is InChI=1S/C22H24N2O5/c1-2-3-4-6-14-7-5-8-15(9-14)18-10-16-12-24(22(27)23-21(16)29-18)20-11-17(26)19(13-25)28-20/h4-10,12,17,19-20,25-26H,2-3,11,13H2,1H3/b6-4+/t17-,19+,20+/m0/s1. The summed E-state index contributed by atoms with van der Waals surface area (Å²) < 4.78 is 12.7. The molecule has 0 saturated carbocycles. The van der Waals surface area contributed by atoms with Crippen LogP contribution in [0.4, 0.5) is 0 Å². The lowest BCUT2D eigenvalue weighted by molar-refractivity contribution is -0.0457. The molecule has 2 aromatic heterocycles. The second-order valence-electron chi connectivity index (χ2n) is 7.23. The Labute approximate surface area is 167 Å². The number of aromatic nitrogens is 2. The summed E-state index contributed by atoms with van der Waals surface area (Å²) in [7, 11) is 0. The number of hydrogen-bond donors (Lipinski definition) is 2. The van der Waals surface area contributed by atoms with Crippen LogP contribution in [0.25, 0.3) is 28.5 Å². The Balaban J connectivity index is 1.65. The third-order valence-electron chi connectivity index (χ3n) is 5.07. The quantitative estimate of drug-likeness (QED) is 0.664. The van der Waals surface area contributed by atoms with Gasteiger partial charge >= 0.3 is 5.69 Å². The molecule has 3 heterocycles. The normalized spacial score (nSPS) is 22.1. The van der Waals surface area contributed by atoms with E-state index >= 15 is 0 Å². The highest BCUT2D eigenvalue weighted by molar-refractivity contribution is 5.79. The first-order chi connectivity index (χ1) is 14.1. The number of furan rings is 1. The van der Waals surface area contributed by atoms with E-state index in [2.05, 4.69) is 24.1 Å². The lowest BCUT2D eigenvalue weighted by Crippen LogP contribution is -2.27. The highest BCUT2D eigenvalue weighted by Gasteiger charge is 2.35. The van der Waals surface area contributed by atoms with Crippen LogP contribution < -0.4 is 5.69 Å². The first kappa shape index (κ1) is 19.6. The molecular formula is C22H24N2O5. The van der Waals surface area contributed by atoms with Gasteiger partial charge in [0.1, 0.15) is 18.1 Å². The van der Waals surface area contributed by atoms with Crippen LogP contribution in [0.5, 0.6) is 0 Å². The third kappa shape index (κ3) is 4.03. The van der Waals surface area contributed by atoms with Crippen molar-refractivity contribution in [3.05, 3.63) is 58.7 Å². The molecule has 7 nitrogen and oxygen atoms in total. The van der Waals surface area contributed by atoms with Gasteiger partial charge in [-0.15, -0.1) is 0 Å². The summed E-state index contributed by atoms with van der Waals surface area (Å²) in [6.07, 6.45) is 6.00. The van der Waals surface area contributed by atoms with Gasteiger partial charge in [-0.1, -0.05) is 43.7 Å². The van der Waals surface area contributed by atoms with Crippen LogP contribution in [0.2, 0.25) is 0 Å². The summed E-state index contributed by atoms with van der Waals surface area (Å²) >= 11 is 0. The topological polar surface area (TPSA) is 97.7 Å². The molecule has 1 aliphatic heterocycles. The van der Waals surface area contributed by atoms with Gasteiger partial charge < -0.3 is 19.4 Å². The predicted octanol–water partition coefficient (Wildman–Crippen LogP) is 3.11. The fourth-order valence-electron chi connectivity index (χ4n) is 3.51. The van der Waals surface area contributed by atoms with Gasteiger partial charge in [-0.05, 0) is 24.1 Å². The fraction of sp³-hybridized carbons (Fsp3) is 0.364. The Morgan fingerprint density at radius 1 is 1.34 bits per heavy atom. The summed E-state index contributed by atoms with van der Waals surface area (Å²) in [5.74, 6) is 0.621. The van der Waals surface area contributed by atoms with Crippen molar-refractivity contribution < 1.29 is 19.4 Å². The zero-order valence-electron chi connectivity index (χ0n) is 16.2. The zero-order chi connectivity index (χ0) is 20.4. The summed E-state index contributed by atoms with van der Waals surface area (Å²) in [5.41, 5.74) is 1.71. The second-order valence-corrected chi connectivity index (χ2v) is 7.23. The Morgan fingerprint density at radius 2 is 2.21 bits per heavy atom. The molecule has 4 rings (SSSR count). The lowest BCUT2D eigenvalue weighted by atomic mass is 10.1. The van der Waals surface area contributed by atoms with Crippen LogP contribution in [-0.2, 0) is 4.74 Å². The number of aliphatic hydroxyl groups excluding tert-OH is 2. The molecule has 0 unspecified atom stereocenters. The van der Waals surface area contributed by atoms with Crippen molar-refractivity contribution >= 4 is 17.2 Å². The number of allylic oxidation sites excluding steroid dienone is 1. The fourth-order valence-corrected chi connectivity index (χ4v) is 3.51. The first-order valence-electron chi connectivity index (χ1n) is 9.83. The van der Waals surface area contributed by atoms with E-state index in [4.69, 9.17) is 9.15 Å². The average molecular weight is 396 g/mol. The SMILES string of the molecule is CCC/C=C/c1cccc(-c2cc3cn([C@H]4C[C@H](O)[C@@H](CO)O4)c(=O)nc3o2)c1. The molecule has 1 aliphatic rings. The van der Waals surface area contributed by atoms with Crippen molar-refractivity contribution in [2.45, 2.75) is 44.6 Å². The first-order valence-corrected chi connectivity index (χ1v) is 9.83. The molecule has 1 fully saturated rings. The van der Waals surface area contributed by atoms with Gasteiger partial charge in [0, 0.05) is 18.2 Å². The molecule has 29 heavy (non-hydrogen) atoms. The summed E-state index contributed by atoms with van der Waals surface area (Å²) in [4.78, 5) is 16.5. The molecule has 0 bridgehead atoms. The van der Waals surface area contributed by atoms with Crippen LogP contribution in [-0.4, -0.2) is 38.6 Å². The minimum atomic E-state index is -0.823. The van der Waals surface area contributed by atoms with Gasteiger partial charge in [0.25, 0.3) is 0 Å². The van der Waals surface area contributed by atoms with E-state index in [9.17, 15) is 15.0 Å². The number of hydrogen-bond acceptors (Lipinski definition) is 6. The van der Waals surface area contributed by atoms with Crippen LogP contribution in [0, 0.1) is 0 Å². The summed E-state index contributed by atoms with van der Waals surface area (Å²) in [6.45, 7) is 1.83. The van der Waals surface area contributed by atoms with Crippen molar-refractivity contribution in [2.24, 2.45) is 0 Å². The van der Waals surface area contributed by atoms with E-state index in [1.807, 2.05) is 30.3 Å². The number of aliphatic hydroxyl groups is 2. The molecule has 7 heteroatoms. The van der Waals surface area contributed by atoms with Crippen molar-refractivity contribution in [1.29, 1.82) is 0 Å². The monoisotopic (exact) mass is 396 g/mol. The van der Waals surface area contributed by atoms with E-state index in [1.54, 1.807) is 6.20 Å². The predicted molar refractivity (Wildman–Crippen MR) is 109 cm³/mol. The molecule has 0 aliphatic carbocycles. The Hall–Kier alpha value is -2.74. The number of nitrogens with zero attached hydrogens (tertiary/aromatic N) is 2. The molecular weight excluding hydrogens is 372 g/mol. The largest absolute Gasteiger partial charge is 0.437 e. The molecule has 152 valence electrons. The van der Waals surface area contributed by atoms with Crippen molar-refractivity contribution in [2.75, 3.05) is 6.61 Å². The molecule has 2 N–H and O–H groups in total. The molecule has 0 amide bonds.